The van der Waals surface area contributed by atoms with Crippen LogP contribution in [-0.2, 0) is 6.61 Å². The number of halogens is 2. The van der Waals surface area contributed by atoms with Gasteiger partial charge in [0.1, 0.15) is 24.0 Å². The fourth-order valence-electron chi connectivity index (χ4n) is 2.39. The molecule has 0 heterocycles. The van der Waals surface area contributed by atoms with Crippen molar-refractivity contribution < 1.29 is 18.3 Å². The summed E-state index contributed by atoms with van der Waals surface area (Å²) in [6.07, 6.45) is 1.41. The third-order valence-corrected chi connectivity index (χ3v) is 3.92. The van der Waals surface area contributed by atoms with E-state index in [-0.39, 0.29) is 16.9 Å². The average molecular weight is 391 g/mol. The zero-order valence-electron chi connectivity index (χ0n) is 15.1. The number of benzene rings is 3. The molecule has 7 heteroatoms. The van der Waals surface area contributed by atoms with Gasteiger partial charge in [-0.2, -0.15) is 10.4 Å². The van der Waals surface area contributed by atoms with E-state index in [4.69, 9.17) is 10.00 Å². The van der Waals surface area contributed by atoms with Crippen LogP contribution in [0.25, 0.3) is 0 Å². The Balaban J connectivity index is 1.54. The highest BCUT2D eigenvalue weighted by atomic mass is 19.1. The zero-order chi connectivity index (χ0) is 20.6. The fourth-order valence-corrected chi connectivity index (χ4v) is 2.39. The molecule has 0 saturated carbocycles. The van der Waals surface area contributed by atoms with E-state index in [2.05, 4.69) is 10.5 Å². The van der Waals surface area contributed by atoms with Gasteiger partial charge in [-0.05, 0) is 65.7 Å². The maximum atomic E-state index is 13.8. The quantitative estimate of drug-likeness (QED) is 0.506. The predicted octanol–water partition coefficient (Wildman–Crippen LogP) is 4.18. The summed E-state index contributed by atoms with van der Waals surface area (Å²) in [5.74, 6) is -1.19. The summed E-state index contributed by atoms with van der Waals surface area (Å²) in [6, 6.07) is 18.3. The largest absolute Gasteiger partial charge is 0.489 e. The van der Waals surface area contributed by atoms with Crippen LogP contribution < -0.4 is 10.2 Å². The predicted molar refractivity (Wildman–Crippen MR) is 103 cm³/mol. The minimum atomic E-state index is -0.792. The average Bonchev–Trinajstić information content (AvgIpc) is 2.74. The maximum absolute atomic E-state index is 13.8. The summed E-state index contributed by atoms with van der Waals surface area (Å²) < 4.78 is 32.3. The SMILES string of the molecule is N#Cc1ccc(C(=O)N/N=C\c2ccc(OCc3ccc(F)cc3)cc2)c(F)c1. The van der Waals surface area contributed by atoms with Gasteiger partial charge in [-0.1, -0.05) is 12.1 Å². The molecule has 144 valence electrons. The molecule has 1 N–H and O–H groups in total. The second-order valence-corrected chi connectivity index (χ2v) is 5.99. The van der Waals surface area contributed by atoms with E-state index < -0.39 is 11.7 Å². The van der Waals surface area contributed by atoms with Gasteiger partial charge >= 0.3 is 0 Å². The van der Waals surface area contributed by atoms with Crippen LogP contribution in [0.15, 0.2) is 71.8 Å². The van der Waals surface area contributed by atoms with Crippen LogP contribution in [0, 0.1) is 23.0 Å². The van der Waals surface area contributed by atoms with E-state index in [0.717, 1.165) is 11.6 Å². The molecule has 0 aliphatic heterocycles. The third kappa shape index (κ3) is 5.47. The maximum Gasteiger partial charge on any atom is 0.274 e. The molecular formula is C22H15F2N3O2. The molecule has 0 atom stereocenters. The molecule has 0 aliphatic carbocycles. The minimum absolute atomic E-state index is 0.129. The van der Waals surface area contributed by atoms with Crippen molar-refractivity contribution in [2.75, 3.05) is 0 Å². The van der Waals surface area contributed by atoms with Crippen molar-refractivity contribution in [3.8, 4) is 11.8 Å². The molecule has 0 aliphatic rings. The summed E-state index contributed by atoms with van der Waals surface area (Å²) in [7, 11) is 0. The summed E-state index contributed by atoms with van der Waals surface area (Å²) >= 11 is 0. The van der Waals surface area contributed by atoms with Crippen molar-refractivity contribution in [1.82, 2.24) is 5.43 Å². The zero-order valence-corrected chi connectivity index (χ0v) is 15.1. The van der Waals surface area contributed by atoms with E-state index in [1.165, 1.54) is 30.5 Å². The molecule has 3 aromatic rings. The lowest BCUT2D eigenvalue weighted by Crippen LogP contribution is -2.19. The van der Waals surface area contributed by atoms with Gasteiger partial charge in [0.2, 0.25) is 0 Å². The van der Waals surface area contributed by atoms with Crippen LogP contribution in [-0.4, -0.2) is 12.1 Å². The Hall–Kier alpha value is -4.05. The molecule has 1 amide bonds. The van der Waals surface area contributed by atoms with Gasteiger partial charge in [-0.3, -0.25) is 4.79 Å². The Morgan fingerprint density at radius 3 is 2.45 bits per heavy atom. The third-order valence-electron chi connectivity index (χ3n) is 3.92. The normalized spacial score (nSPS) is 10.5. The number of ether oxygens (including phenoxy) is 1. The van der Waals surface area contributed by atoms with E-state index in [1.54, 1.807) is 42.5 Å². The number of nitriles is 1. The van der Waals surface area contributed by atoms with Crippen LogP contribution in [0.4, 0.5) is 8.78 Å². The number of hydrogen-bond acceptors (Lipinski definition) is 4. The van der Waals surface area contributed by atoms with Crippen molar-refractivity contribution in [1.29, 1.82) is 5.26 Å². The number of carbonyl (C=O) groups is 1. The van der Waals surface area contributed by atoms with Gasteiger partial charge in [0.05, 0.1) is 23.4 Å². The van der Waals surface area contributed by atoms with Gasteiger partial charge in [0, 0.05) is 0 Å². The number of carbonyl (C=O) groups excluding carboxylic acids is 1. The fraction of sp³-hybridized carbons (Fsp3) is 0.0455. The Labute approximate surface area is 165 Å². The van der Waals surface area contributed by atoms with Gasteiger partial charge in [0.25, 0.3) is 5.91 Å². The van der Waals surface area contributed by atoms with Crippen LogP contribution in [0.2, 0.25) is 0 Å². The smallest absolute Gasteiger partial charge is 0.274 e. The number of amides is 1. The molecule has 0 unspecified atom stereocenters. The first kappa shape index (κ1) is 19.7. The topological polar surface area (TPSA) is 74.5 Å². The van der Waals surface area contributed by atoms with Crippen molar-refractivity contribution in [2.45, 2.75) is 6.61 Å². The molecule has 0 bridgehead atoms. The Bertz CT molecular complexity index is 1070. The lowest BCUT2D eigenvalue weighted by molar-refractivity contribution is 0.0951. The van der Waals surface area contributed by atoms with E-state index >= 15 is 0 Å². The van der Waals surface area contributed by atoms with Gasteiger partial charge in [0.15, 0.2) is 0 Å². The first-order chi connectivity index (χ1) is 14.0. The minimum Gasteiger partial charge on any atom is -0.489 e. The highest BCUT2D eigenvalue weighted by Gasteiger charge is 2.11. The number of hydrazone groups is 1. The van der Waals surface area contributed by atoms with Gasteiger partial charge < -0.3 is 4.74 Å². The molecule has 0 saturated heterocycles. The molecule has 0 aromatic heterocycles. The number of rotatable bonds is 6. The van der Waals surface area contributed by atoms with Crippen LogP contribution in [0.1, 0.15) is 27.0 Å². The highest BCUT2D eigenvalue weighted by Crippen LogP contribution is 2.14. The number of nitrogens with one attached hydrogen (secondary N) is 1. The highest BCUT2D eigenvalue weighted by molar-refractivity contribution is 5.95. The van der Waals surface area contributed by atoms with Crippen LogP contribution >= 0.6 is 0 Å². The molecular weight excluding hydrogens is 376 g/mol. The molecule has 0 radical (unpaired) electrons. The van der Waals surface area contributed by atoms with E-state index in [1.807, 2.05) is 0 Å². The van der Waals surface area contributed by atoms with Crippen molar-refractivity contribution >= 4 is 12.1 Å². The van der Waals surface area contributed by atoms with Gasteiger partial charge in [-0.25, -0.2) is 14.2 Å². The second-order valence-electron chi connectivity index (χ2n) is 5.99. The van der Waals surface area contributed by atoms with E-state index in [9.17, 15) is 13.6 Å². The van der Waals surface area contributed by atoms with Crippen LogP contribution in [0.3, 0.4) is 0 Å². The van der Waals surface area contributed by atoms with Gasteiger partial charge in [-0.15, -0.1) is 0 Å². The monoisotopic (exact) mass is 391 g/mol. The van der Waals surface area contributed by atoms with Crippen molar-refractivity contribution in [3.05, 3.63) is 101 Å². The Morgan fingerprint density at radius 1 is 1.07 bits per heavy atom. The molecule has 29 heavy (non-hydrogen) atoms. The summed E-state index contributed by atoms with van der Waals surface area (Å²) in [4.78, 5) is 12.0. The molecule has 3 aromatic carbocycles. The molecule has 0 spiro atoms. The number of hydrogen-bond donors (Lipinski definition) is 1. The molecule has 3 rings (SSSR count). The van der Waals surface area contributed by atoms with Crippen LogP contribution in [0.5, 0.6) is 5.75 Å². The summed E-state index contributed by atoms with van der Waals surface area (Å²) in [5.41, 5.74) is 3.70. The molecule has 5 nitrogen and oxygen atoms in total. The Kier molecular flexibility index (Phi) is 6.28. The van der Waals surface area contributed by atoms with Crippen molar-refractivity contribution in [2.24, 2.45) is 5.10 Å². The number of nitrogens with zero attached hydrogens (tertiary/aromatic N) is 2. The first-order valence-electron chi connectivity index (χ1n) is 8.55. The molecule has 0 fully saturated rings. The lowest BCUT2D eigenvalue weighted by atomic mass is 10.1. The lowest BCUT2D eigenvalue weighted by Gasteiger charge is -2.06. The van der Waals surface area contributed by atoms with E-state index in [0.29, 0.717) is 17.9 Å². The second kappa shape index (κ2) is 9.24. The van der Waals surface area contributed by atoms with Crippen molar-refractivity contribution in [3.63, 3.8) is 0 Å². The standard InChI is InChI=1S/C22H15F2N3O2/c23-18-6-1-16(2-7-18)14-29-19-8-3-15(4-9-19)13-26-27-22(28)20-10-5-17(12-25)11-21(20)24/h1-11,13H,14H2,(H,27,28)/b26-13-. The Morgan fingerprint density at radius 2 is 1.79 bits per heavy atom. The summed E-state index contributed by atoms with van der Waals surface area (Å²) in [6.45, 7) is 0.305. The first-order valence-corrected chi connectivity index (χ1v) is 8.55. The summed E-state index contributed by atoms with van der Waals surface area (Å²) in [5, 5.41) is 12.5.